The molecule has 3 aromatic rings. The Hall–Kier alpha value is -2.35. The van der Waals surface area contributed by atoms with Crippen LogP contribution in [-0.2, 0) is 6.42 Å². The van der Waals surface area contributed by atoms with Crippen molar-refractivity contribution < 1.29 is 9.59 Å². The minimum atomic E-state index is -0.214. The average molecular weight is 477 g/mol. The summed E-state index contributed by atoms with van der Waals surface area (Å²) in [4.78, 5) is 32.2. The maximum absolute atomic E-state index is 13.3. The third-order valence-electron chi connectivity index (χ3n) is 5.15. The number of aromatic nitrogens is 3. The van der Waals surface area contributed by atoms with Gasteiger partial charge in [0.1, 0.15) is 5.69 Å². The molecule has 0 unspecified atom stereocenters. The second-order valence-corrected chi connectivity index (χ2v) is 8.38. The summed E-state index contributed by atoms with van der Waals surface area (Å²) >= 11 is 12.2. The van der Waals surface area contributed by atoms with Crippen molar-refractivity contribution in [1.82, 2.24) is 14.8 Å². The summed E-state index contributed by atoms with van der Waals surface area (Å²) in [7, 11) is 0. The fourth-order valence-electron chi connectivity index (χ4n) is 3.80. The number of benzene rings is 1. The standard InChI is InChI=1S/C22H20Cl2N4O2.H2S/c1-12-6-15(7-13(2)26-12)20(29)8-16-10-25-28-14(3)11-27(22(30)21(16)28)17-4-5-18(23)19(24)9-17;/h4-7,9-10,14H,8,11H2,1-3H3;1H2/t14-;/m0./s1. The molecule has 162 valence electrons. The topological polar surface area (TPSA) is 68.1 Å². The van der Waals surface area contributed by atoms with Crippen LogP contribution in [-0.4, -0.2) is 33.0 Å². The van der Waals surface area contributed by atoms with Crippen LogP contribution < -0.4 is 4.90 Å². The first-order valence-electron chi connectivity index (χ1n) is 9.56. The van der Waals surface area contributed by atoms with Crippen molar-refractivity contribution >= 4 is 54.1 Å². The minimum Gasteiger partial charge on any atom is -0.305 e. The fraction of sp³-hybridized carbons (Fsp3) is 0.273. The van der Waals surface area contributed by atoms with E-state index in [1.54, 1.807) is 46.1 Å². The molecule has 9 heteroatoms. The molecular formula is C22H22Cl2N4O2S. The van der Waals surface area contributed by atoms with E-state index < -0.39 is 0 Å². The van der Waals surface area contributed by atoms with Crippen molar-refractivity contribution in [3.63, 3.8) is 0 Å². The highest BCUT2D eigenvalue weighted by molar-refractivity contribution is 7.59. The summed E-state index contributed by atoms with van der Waals surface area (Å²) in [6.07, 6.45) is 1.70. The molecule has 0 spiro atoms. The average Bonchev–Trinajstić information content (AvgIpc) is 3.10. The van der Waals surface area contributed by atoms with E-state index in [0.717, 1.165) is 11.4 Å². The van der Waals surface area contributed by atoms with Crippen LogP contribution in [0.3, 0.4) is 0 Å². The molecule has 4 rings (SSSR count). The maximum atomic E-state index is 13.3. The van der Waals surface area contributed by atoms with Crippen LogP contribution in [0.15, 0.2) is 36.5 Å². The lowest BCUT2D eigenvalue weighted by molar-refractivity contribution is 0.0951. The van der Waals surface area contributed by atoms with Gasteiger partial charge in [-0.25, -0.2) is 0 Å². The highest BCUT2D eigenvalue weighted by Gasteiger charge is 2.34. The van der Waals surface area contributed by atoms with E-state index in [2.05, 4.69) is 10.1 Å². The number of nitrogens with zero attached hydrogens (tertiary/aromatic N) is 4. The molecule has 6 nitrogen and oxygen atoms in total. The quantitative estimate of drug-likeness (QED) is 0.498. The van der Waals surface area contributed by atoms with Gasteiger partial charge in [-0.3, -0.25) is 19.3 Å². The van der Waals surface area contributed by atoms with Crippen LogP contribution in [0.2, 0.25) is 10.0 Å². The second kappa shape index (κ2) is 9.02. The van der Waals surface area contributed by atoms with E-state index in [-0.39, 0.29) is 37.6 Å². The smallest absolute Gasteiger partial charge is 0.276 e. The monoisotopic (exact) mass is 476 g/mol. The summed E-state index contributed by atoms with van der Waals surface area (Å²) in [5.41, 5.74) is 3.84. The molecule has 1 aliphatic heterocycles. The van der Waals surface area contributed by atoms with Gasteiger partial charge in [-0.1, -0.05) is 23.2 Å². The fourth-order valence-corrected chi connectivity index (χ4v) is 4.09. The number of anilines is 1. The Morgan fingerprint density at radius 1 is 1.13 bits per heavy atom. The first-order valence-corrected chi connectivity index (χ1v) is 10.3. The summed E-state index contributed by atoms with van der Waals surface area (Å²) in [5.74, 6) is -0.291. The van der Waals surface area contributed by atoms with Crippen molar-refractivity contribution in [2.75, 3.05) is 11.4 Å². The molecule has 0 saturated carbocycles. The molecule has 3 heterocycles. The van der Waals surface area contributed by atoms with Crippen LogP contribution in [0.4, 0.5) is 5.69 Å². The highest BCUT2D eigenvalue weighted by atomic mass is 35.5. The molecule has 1 aromatic carbocycles. The highest BCUT2D eigenvalue weighted by Crippen LogP contribution is 2.32. The van der Waals surface area contributed by atoms with Gasteiger partial charge >= 0.3 is 0 Å². The zero-order valence-corrected chi connectivity index (χ0v) is 19.8. The number of pyridine rings is 1. The lowest BCUT2D eigenvalue weighted by Gasteiger charge is -2.32. The van der Waals surface area contributed by atoms with Crippen molar-refractivity contribution in [3.8, 4) is 0 Å². The first kappa shape index (κ1) is 23.3. The molecule has 0 bridgehead atoms. The van der Waals surface area contributed by atoms with E-state index in [1.807, 2.05) is 20.8 Å². The van der Waals surface area contributed by atoms with Crippen LogP contribution in [0.25, 0.3) is 0 Å². The van der Waals surface area contributed by atoms with Gasteiger partial charge in [0.2, 0.25) is 0 Å². The Labute approximate surface area is 197 Å². The predicted molar refractivity (Wildman–Crippen MR) is 127 cm³/mol. The number of ketones is 1. The molecular weight excluding hydrogens is 455 g/mol. The first-order chi connectivity index (χ1) is 14.2. The largest absolute Gasteiger partial charge is 0.305 e. The van der Waals surface area contributed by atoms with E-state index in [4.69, 9.17) is 23.2 Å². The summed E-state index contributed by atoms with van der Waals surface area (Å²) in [5, 5.41) is 5.20. The second-order valence-electron chi connectivity index (χ2n) is 7.56. The molecule has 2 aromatic heterocycles. The van der Waals surface area contributed by atoms with E-state index in [0.29, 0.717) is 39.1 Å². The van der Waals surface area contributed by atoms with Crippen molar-refractivity contribution in [1.29, 1.82) is 0 Å². The normalized spacial score (nSPS) is 15.5. The van der Waals surface area contributed by atoms with Crippen LogP contribution in [0, 0.1) is 13.8 Å². The number of fused-ring (bicyclic) bond motifs is 1. The number of hydrogen-bond donors (Lipinski definition) is 0. The van der Waals surface area contributed by atoms with Gasteiger partial charge < -0.3 is 4.90 Å². The van der Waals surface area contributed by atoms with Crippen LogP contribution in [0.1, 0.15) is 50.8 Å². The van der Waals surface area contributed by atoms with E-state index in [1.165, 1.54) is 0 Å². The van der Waals surface area contributed by atoms with Gasteiger partial charge in [-0.05, 0) is 51.1 Å². The number of aryl methyl sites for hydroxylation is 2. The van der Waals surface area contributed by atoms with E-state index >= 15 is 0 Å². The molecule has 1 aliphatic rings. The molecule has 0 saturated heterocycles. The third-order valence-corrected chi connectivity index (χ3v) is 5.89. The SMILES string of the molecule is Cc1cc(C(=O)Cc2cnn3c2C(=O)N(c2ccc(Cl)c(Cl)c2)C[C@@H]3C)cc(C)n1.S. The molecule has 0 radical (unpaired) electrons. The van der Waals surface area contributed by atoms with Crippen molar-refractivity contribution in [2.45, 2.75) is 33.2 Å². The van der Waals surface area contributed by atoms with E-state index in [9.17, 15) is 9.59 Å². The van der Waals surface area contributed by atoms with Crippen molar-refractivity contribution in [3.05, 3.63) is 74.8 Å². The zero-order valence-electron chi connectivity index (χ0n) is 17.3. The van der Waals surface area contributed by atoms with Gasteiger partial charge in [-0.15, -0.1) is 0 Å². The Morgan fingerprint density at radius 3 is 2.45 bits per heavy atom. The molecule has 31 heavy (non-hydrogen) atoms. The number of rotatable bonds is 4. The zero-order chi connectivity index (χ0) is 21.6. The summed E-state index contributed by atoms with van der Waals surface area (Å²) in [6, 6.07) is 8.57. The Balaban J connectivity index is 0.00000272. The van der Waals surface area contributed by atoms with Gasteiger partial charge in [0.15, 0.2) is 5.78 Å². The summed E-state index contributed by atoms with van der Waals surface area (Å²) < 4.78 is 1.70. The number of amides is 1. The maximum Gasteiger partial charge on any atom is 0.276 e. The van der Waals surface area contributed by atoms with Gasteiger partial charge in [0.05, 0.1) is 22.3 Å². The number of carbonyl (C=O) groups excluding carboxylic acids is 2. The number of Topliss-reactive ketones (excluding diaryl/α,β-unsaturated/α-hetero) is 1. The predicted octanol–water partition coefficient (Wildman–Crippen LogP) is 4.96. The molecule has 0 aliphatic carbocycles. The van der Waals surface area contributed by atoms with Gasteiger partial charge in [0.25, 0.3) is 5.91 Å². The lowest BCUT2D eigenvalue weighted by atomic mass is 10.0. The number of carbonyl (C=O) groups is 2. The van der Waals surface area contributed by atoms with Crippen LogP contribution in [0.5, 0.6) is 0 Å². The lowest BCUT2D eigenvalue weighted by Crippen LogP contribution is -2.43. The Kier molecular flexibility index (Phi) is 6.79. The molecule has 0 fully saturated rings. The molecule has 1 atom stereocenters. The molecule has 0 N–H and O–H groups in total. The number of hydrogen-bond acceptors (Lipinski definition) is 4. The number of halogens is 2. The van der Waals surface area contributed by atoms with Crippen molar-refractivity contribution in [2.24, 2.45) is 0 Å². The minimum absolute atomic E-state index is 0. The van der Waals surface area contributed by atoms with Crippen LogP contribution >= 0.6 is 36.7 Å². The van der Waals surface area contributed by atoms with Gasteiger partial charge in [0, 0.05) is 41.2 Å². The Bertz CT molecular complexity index is 1160. The van der Waals surface area contributed by atoms with Gasteiger partial charge in [-0.2, -0.15) is 18.6 Å². The molecule has 1 amide bonds. The summed E-state index contributed by atoms with van der Waals surface area (Å²) in [6.45, 7) is 6.13. The third kappa shape index (κ3) is 4.49. The Morgan fingerprint density at radius 2 is 1.81 bits per heavy atom.